The maximum Gasteiger partial charge on any atom is 0.230 e. The van der Waals surface area contributed by atoms with E-state index in [-0.39, 0.29) is 11.9 Å². The zero-order valence-electron chi connectivity index (χ0n) is 11.3. The number of nitriles is 1. The fourth-order valence-corrected chi connectivity index (χ4v) is 3.28. The van der Waals surface area contributed by atoms with Crippen molar-refractivity contribution < 1.29 is 4.79 Å². The monoisotopic (exact) mass is 343 g/mol. The van der Waals surface area contributed by atoms with E-state index in [1.165, 1.54) is 11.8 Å². The van der Waals surface area contributed by atoms with Crippen molar-refractivity contribution >= 4 is 46.6 Å². The first-order chi connectivity index (χ1) is 10.1. The average Bonchev–Trinajstić information content (AvgIpc) is 2.87. The predicted octanol–water partition coefficient (Wildman–Crippen LogP) is 2.95. The van der Waals surface area contributed by atoms with E-state index in [9.17, 15) is 4.79 Å². The Balaban J connectivity index is 1.86. The van der Waals surface area contributed by atoms with Gasteiger partial charge in [-0.25, -0.2) is 0 Å². The molecule has 1 aromatic rings. The number of hydrogen-bond acceptors (Lipinski definition) is 4. The normalized spacial score (nSPS) is 17.6. The van der Waals surface area contributed by atoms with Gasteiger partial charge in [0.1, 0.15) is 0 Å². The number of halogens is 2. The van der Waals surface area contributed by atoms with Crippen LogP contribution in [0.2, 0.25) is 10.0 Å². The highest BCUT2D eigenvalue weighted by molar-refractivity contribution is 8.00. The van der Waals surface area contributed by atoms with E-state index in [4.69, 9.17) is 28.5 Å². The Morgan fingerprint density at radius 2 is 2.33 bits per heavy atom. The second kappa shape index (κ2) is 7.79. The molecule has 0 bridgehead atoms. The van der Waals surface area contributed by atoms with E-state index in [0.29, 0.717) is 21.6 Å². The van der Waals surface area contributed by atoms with Crippen molar-refractivity contribution in [3.8, 4) is 6.07 Å². The number of amides is 1. The molecule has 0 aliphatic carbocycles. The highest BCUT2D eigenvalue weighted by Crippen LogP contribution is 2.31. The predicted molar refractivity (Wildman–Crippen MR) is 88.2 cm³/mol. The van der Waals surface area contributed by atoms with Gasteiger partial charge in [0.2, 0.25) is 5.91 Å². The molecule has 1 fully saturated rings. The van der Waals surface area contributed by atoms with Gasteiger partial charge < -0.3 is 10.2 Å². The molecular formula is C14H15Cl2N3OS. The van der Waals surface area contributed by atoms with Gasteiger partial charge in [-0.2, -0.15) is 5.26 Å². The molecule has 0 aromatic heterocycles. The largest absolute Gasteiger partial charge is 0.368 e. The summed E-state index contributed by atoms with van der Waals surface area (Å²) in [5.41, 5.74) is 0.941. The Hall–Kier alpha value is -1.09. The van der Waals surface area contributed by atoms with Gasteiger partial charge in [0.15, 0.2) is 0 Å². The van der Waals surface area contributed by atoms with Crippen LogP contribution < -0.4 is 10.2 Å². The Labute approximate surface area is 138 Å². The van der Waals surface area contributed by atoms with Gasteiger partial charge in [0, 0.05) is 24.2 Å². The minimum atomic E-state index is -0.0238. The fourth-order valence-electron chi connectivity index (χ4n) is 2.29. The number of nitrogens with one attached hydrogen (secondary N) is 1. The molecule has 21 heavy (non-hydrogen) atoms. The van der Waals surface area contributed by atoms with E-state index in [1.54, 1.807) is 6.07 Å². The van der Waals surface area contributed by atoms with Crippen molar-refractivity contribution in [3.63, 3.8) is 0 Å². The van der Waals surface area contributed by atoms with E-state index in [1.807, 2.05) is 18.2 Å². The van der Waals surface area contributed by atoms with Crippen molar-refractivity contribution in [1.29, 1.82) is 5.26 Å². The van der Waals surface area contributed by atoms with Crippen LogP contribution in [0.3, 0.4) is 0 Å². The minimum Gasteiger partial charge on any atom is -0.368 e. The number of hydrogen-bond donors (Lipinski definition) is 1. The molecule has 1 aromatic carbocycles. The molecule has 2 rings (SSSR count). The second-order valence-corrected chi connectivity index (χ2v) is 6.58. The summed E-state index contributed by atoms with van der Waals surface area (Å²) in [5.74, 6) is 0.639. The van der Waals surface area contributed by atoms with Gasteiger partial charge in [0.25, 0.3) is 0 Å². The number of anilines is 1. The molecule has 1 amide bonds. The third kappa shape index (κ3) is 4.70. The second-order valence-electron chi connectivity index (χ2n) is 4.75. The summed E-state index contributed by atoms with van der Waals surface area (Å²) in [4.78, 5) is 13.9. The Morgan fingerprint density at radius 1 is 1.52 bits per heavy atom. The third-order valence-electron chi connectivity index (χ3n) is 3.20. The van der Waals surface area contributed by atoms with Crippen LogP contribution in [0.1, 0.15) is 6.42 Å². The average molecular weight is 344 g/mol. The van der Waals surface area contributed by atoms with E-state index < -0.39 is 0 Å². The van der Waals surface area contributed by atoms with Crippen LogP contribution in [-0.2, 0) is 4.79 Å². The summed E-state index contributed by atoms with van der Waals surface area (Å²) in [6.07, 6.45) is 0.883. The molecule has 1 aliphatic rings. The molecule has 4 nitrogen and oxygen atoms in total. The van der Waals surface area contributed by atoms with Crippen molar-refractivity contribution in [2.24, 2.45) is 0 Å². The molecular weight excluding hydrogens is 329 g/mol. The number of rotatable bonds is 5. The first-order valence-electron chi connectivity index (χ1n) is 6.54. The molecule has 112 valence electrons. The zero-order chi connectivity index (χ0) is 15.2. The molecule has 0 unspecified atom stereocenters. The Kier molecular flexibility index (Phi) is 6.04. The smallest absolute Gasteiger partial charge is 0.230 e. The number of thioether (sulfide) groups is 1. The zero-order valence-corrected chi connectivity index (χ0v) is 13.6. The van der Waals surface area contributed by atoms with Crippen LogP contribution in [0.25, 0.3) is 0 Å². The SMILES string of the molecule is N#CCSCC(=O)N[C@H]1CCN(c2ccc(Cl)cc2Cl)C1. The van der Waals surface area contributed by atoms with Crippen LogP contribution in [0, 0.1) is 11.3 Å². The minimum absolute atomic E-state index is 0.0238. The van der Waals surface area contributed by atoms with Crippen molar-refractivity contribution in [3.05, 3.63) is 28.2 Å². The molecule has 1 saturated heterocycles. The van der Waals surface area contributed by atoms with Gasteiger partial charge in [-0.05, 0) is 24.6 Å². The van der Waals surface area contributed by atoms with Crippen LogP contribution in [0.5, 0.6) is 0 Å². The van der Waals surface area contributed by atoms with Gasteiger partial charge in [-0.3, -0.25) is 4.79 Å². The van der Waals surface area contributed by atoms with Crippen LogP contribution in [0.4, 0.5) is 5.69 Å². The van der Waals surface area contributed by atoms with E-state index in [0.717, 1.165) is 25.2 Å². The maximum absolute atomic E-state index is 11.7. The standard InChI is InChI=1S/C14H15Cl2N3OS/c15-10-1-2-13(12(16)7-10)19-5-3-11(8-19)18-14(20)9-21-6-4-17/h1-2,7,11H,3,5-6,8-9H2,(H,18,20)/t11-/m0/s1. The first kappa shape index (κ1) is 16.3. The van der Waals surface area contributed by atoms with Crippen molar-refractivity contribution in [2.45, 2.75) is 12.5 Å². The van der Waals surface area contributed by atoms with Crippen LogP contribution >= 0.6 is 35.0 Å². The van der Waals surface area contributed by atoms with E-state index in [2.05, 4.69) is 10.2 Å². The highest BCUT2D eigenvalue weighted by atomic mass is 35.5. The van der Waals surface area contributed by atoms with Gasteiger partial charge in [-0.15, -0.1) is 11.8 Å². The van der Waals surface area contributed by atoms with Gasteiger partial charge >= 0.3 is 0 Å². The lowest BCUT2D eigenvalue weighted by molar-refractivity contribution is -0.119. The number of nitrogens with zero attached hydrogens (tertiary/aromatic N) is 2. The lowest BCUT2D eigenvalue weighted by Gasteiger charge is -2.20. The lowest BCUT2D eigenvalue weighted by atomic mass is 10.2. The molecule has 1 N–H and O–H groups in total. The van der Waals surface area contributed by atoms with Crippen LogP contribution in [0.15, 0.2) is 18.2 Å². The number of carbonyl (C=O) groups excluding carboxylic acids is 1. The third-order valence-corrected chi connectivity index (χ3v) is 4.54. The molecule has 7 heteroatoms. The molecule has 1 aliphatic heterocycles. The summed E-state index contributed by atoms with van der Waals surface area (Å²) in [6, 6.07) is 7.56. The van der Waals surface area contributed by atoms with Gasteiger partial charge in [0.05, 0.1) is 28.3 Å². The quantitative estimate of drug-likeness (QED) is 0.835. The fraction of sp³-hybridized carbons (Fsp3) is 0.429. The Bertz CT molecular complexity index is 562. The molecule has 0 radical (unpaired) electrons. The summed E-state index contributed by atoms with van der Waals surface area (Å²) in [7, 11) is 0. The summed E-state index contributed by atoms with van der Waals surface area (Å²) >= 11 is 13.4. The number of carbonyl (C=O) groups is 1. The molecule has 0 saturated carbocycles. The first-order valence-corrected chi connectivity index (χ1v) is 8.45. The maximum atomic E-state index is 11.7. The lowest BCUT2D eigenvalue weighted by Crippen LogP contribution is -2.38. The van der Waals surface area contributed by atoms with E-state index >= 15 is 0 Å². The highest BCUT2D eigenvalue weighted by Gasteiger charge is 2.25. The summed E-state index contributed by atoms with van der Waals surface area (Å²) in [5, 5.41) is 12.7. The Morgan fingerprint density at radius 3 is 3.05 bits per heavy atom. The topological polar surface area (TPSA) is 56.1 Å². The van der Waals surface area contributed by atoms with Crippen molar-refractivity contribution in [2.75, 3.05) is 29.5 Å². The summed E-state index contributed by atoms with van der Waals surface area (Å²) in [6.45, 7) is 1.58. The molecule has 1 heterocycles. The van der Waals surface area contributed by atoms with Gasteiger partial charge in [-0.1, -0.05) is 23.2 Å². The van der Waals surface area contributed by atoms with Crippen molar-refractivity contribution in [1.82, 2.24) is 5.32 Å². The summed E-state index contributed by atoms with van der Waals surface area (Å²) < 4.78 is 0. The van der Waals surface area contributed by atoms with Crippen LogP contribution in [-0.4, -0.2) is 36.5 Å². The number of benzene rings is 1. The molecule has 1 atom stereocenters. The molecule has 0 spiro atoms.